The minimum Gasteiger partial charge on any atom is -0.465 e. The minimum absolute atomic E-state index is 0.0830. The molecule has 1 aliphatic carbocycles. The highest BCUT2D eigenvalue weighted by atomic mass is 19.1. The lowest BCUT2D eigenvalue weighted by Crippen LogP contribution is -2.23. The summed E-state index contributed by atoms with van der Waals surface area (Å²) in [5, 5.41) is 14.1. The Kier molecular flexibility index (Phi) is 4.40. The topological polar surface area (TPSA) is 81.5 Å². The number of hydrogen-bond donors (Lipinski definition) is 1. The summed E-state index contributed by atoms with van der Waals surface area (Å²) in [7, 11) is 1.13. The molecule has 2 atom stereocenters. The zero-order valence-corrected chi connectivity index (χ0v) is 11.9. The first kappa shape index (κ1) is 15.2. The Hall–Kier alpha value is -2.18. The zero-order valence-electron chi connectivity index (χ0n) is 11.9. The van der Waals surface area contributed by atoms with Crippen LogP contribution in [0.15, 0.2) is 12.1 Å². The van der Waals surface area contributed by atoms with Gasteiger partial charge in [-0.3, -0.25) is 10.1 Å². The molecule has 1 fully saturated rings. The smallest absolute Gasteiger partial charge is 0.340 e. The molecule has 0 spiro atoms. The molecule has 0 aromatic heterocycles. The van der Waals surface area contributed by atoms with E-state index in [9.17, 15) is 19.3 Å². The summed E-state index contributed by atoms with van der Waals surface area (Å²) >= 11 is 0. The number of methoxy groups -OCH3 is 1. The first-order chi connectivity index (χ1) is 9.93. The molecule has 1 aromatic carbocycles. The molecule has 1 N–H and O–H groups in total. The third kappa shape index (κ3) is 3.12. The Morgan fingerprint density at radius 1 is 1.48 bits per heavy atom. The summed E-state index contributed by atoms with van der Waals surface area (Å²) in [5.74, 6) is -1.44. The van der Waals surface area contributed by atoms with E-state index in [2.05, 4.69) is 17.0 Å². The van der Waals surface area contributed by atoms with Crippen LogP contribution < -0.4 is 5.32 Å². The van der Waals surface area contributed by atoms with Gasteiger partial charge in [0.25, 0.3) is 5.69 Å². The molecule has 0 radical (unpaired) electrons. The van der Waals surface area contributed by atoms with E-state index in [0.29, 0.717) is 5.92 Å². The summed E-state index contributed by atoms with van der Waals surface area (Å²) in [6, 6.07) is 2.00. The predicted molar refractivity (Wildman–Crippen MR) is 74.8 cm³/mol. The fourth-order valence-electron chi connectivity index (χ4n) is 2.66. The number of hydrogen-bond acceptors (Lipinski definition) is 5. The standard InChI is InChI=1S/C14H17FN2O4/c1-8-4-3-5-11(8)16-12-6-9(14(18)21-2)10(15)7-13(12)17(19)20/h6-8,11,16H,3-5H2,1-2H3. The molecule has 7 heteroatoms. The van der Waals surface area contributed by atoms with Gasteiger partial charge in [0.15, 0.2) is 0 Å². The van der Waals surface area contributed by atoms with Gasteiger partial charge in [0.2, 0.25) is 0 Å². The Morgan fingerprint density at radius 2 is 2.19 bits per heavy atom. The molecule has 0 bridgehead atoms. The van der Waals surface area contributed by atoms with Crippen LogP contribution >= 0.6 is 0 Å². The zero-order chi connectivity index (χ0) is 15.6. The van der Waals surface area contributed by atoms with Crippen LogP contribution in [0.3, 0.4) is 0 Å². The summed E-state index contributed by atoms with van der Waals surface area (Å²) in [5.41, 5.74) is -0.531. The van der Waals surface area contributed by atoms with E-state index in [-0.39, 0.29) is 23.0 Å². The van der Waals surface area contributed by atoms with Gasteiger partial charge < -0.3 is 10.1 Å². The second kappa shape index (κ2) is 6.07. The average Bonchev–Trinajstić information content (AvgIpc) is 2.84. The molecule has 2 rings (SSSR count). The van der Waals surface area contributed by atoms with Crippen LogP contribution in [-0.4, -0.2) is 24.0 Å². The molecule has 1 saturated carbocycles. The second-order valence-corrected chi connectivity index (χ2v) is 5.26. The van der Waals surface area contributed by atoms with Gasteiger partial charge in [-0.15, -0.1) is 0 Å². The fourth-order valence-corrected chi connectivity index (χ4v) is 2.66. The van der Waals surface area contributed by atoms with Crippen molar-refractivity contribution in [1.82, 2.24) is 0 Å². The SMILES string of the molecule is COC(=O)c1cc(NC2CCCC2C)c([N+](=O)[O-])cc1F. The molecule has 0 heterocycles. The first-order valence-electron chi connectivity index (χ1n) is 6.76. The van der Waals surface area contributed by atoms with Gasteiger partial charge in [-0.1, -0.05) is 13.3 Å². The maximum absolute atomic E-state index is 13.8. The van der Waals surface area contributed by atoms with Gasteiger partial charge in [0, 0.05) is 6.04 Å². The third-order valence-electron chi connectivity index (χ3n) is 3.89. The number of nitro groups is 1. The number of benzene rings is 1. The second-order valence-electron chi connectivity index (χ2n) is 5.26. The van der Waals surface area contributed by atoms with Crippen LogP contribution in [0.4, 0.5) is 15.8 Å². The van der Waals surface area contributed by atoms with Crippen LogP contribution in [0.2, 0.25) is 0 Å². The lowest BCUT2D eigenvalue weighted by molar-refractivity contribution is -0.384. The number of ether oxygens (including phenoxy) is 1. The van der Waals surface area contributed by atoms with E-state index in [1.807, 2.05) is 0 Å². The lowest BCUT2D eigenvalue weighted by Gasteiger charge is -2.19. The van der Waals surface area contributed by atoms with Crippen LogP contribution in [0.5, 0.6) is 0 Å². The van der Waals surface area contributed by atoms with E-state index in [4.69, 9.17) is 0 Å². The van der Waals surface area contributed by atoms with Crippen molar-refractivity contribution >= 4 is 17.3 Å². The van der Waals surface area contributed by atoms with E-state index < -0.39 is 16.7 Å². The van der Waals surface area contributed by atoms with Crippen molar-refractivity contribution in [3.8, 4) is 0 Å². The number of rotatable bonds is 4. The highest BCUT2D eigenvalue weighted by Crippen LogP contribution is 2.33. The molecule has 2 unspecified atom stereocenters. The molecule has 0 saturated heterocycles. The van der Waals surface area contributed by atoms with Gasteiger partial charge in [0.05, 0.1) is 23.7 Å². The van der Waals surface area contributed by atoms with Crippen LogP contribution in [0.25, 0.3) is 0 Å². The number of halogens is 1. The molecule has 0 amide bonds. The van der Waals surface area contributed by atoms with Crippen molar-refractivity contribution in [2.24, 2.45) is 5.92 Å². The van der Waals surface area contributed by atoms with E-state index >= 15 is 0 Å². The molecule has 6 nitrogen and oxygen atoms in total. The third-order valence-corrected chi connectivity index (χ3v) is 3.89. The molecular formula is C14H17FN2O4. The lowest BCUT2D eigenvalue weighted by atomic mass is 10.1. The maximum Gasteiger partial charge on any atom is 0.340 e. The van der Waals surface area contributed by atoms with Crippen LogP contribution in [0.1, 0.15) is 36.5 Å². The number of carbonyl (C=O) groups is 1. The van der Waals surface area contributed by atoms with Gasteiger partial charge in [-0.05, 0) is 24.8 Å². The molecule has 1 aromatic rings. The van der Waals surface area contributed by atoms with E-state index in [0.717, 1.165) is 38.5 Å². The van der Waals surface area contributed by atoms with Crippen molar-refractivity contribution in [3.63, 3.8) is 0 Å². The maximum atomic E-state index is 13.8. The van der Waals surface area contributed by atoms with Gasteiger partial charge in [-0.25, -0.2) is 9.18 Å². The van der Waals surface area contributed by atoms with Gasteiger partial charge in [-0.2, -0.15) is 0 Å². The summed E-state index contributed by atoms with van der Waals surface area (Å²) in [4.78, 5) is 21.9. The summed E-state index contributed by atoms with van der Waals surface area (Å²) in [6.45, 7) is 2.06. The monoisotopic (exact) mass is 296 g/mol. The molecule has 0 aliphatic heterocycles. The largest absolute Gasteiger partial charge is 0.465 e. The van der Waals surface area contributed by atoms with Gasteiger partial charge in [0.1, 0.15) is 11.5 Å². The highest BCUT2D eigenvalue weighted by Gasteiger charge is 2.28. The van der Waals surface area contributed by atoms with Crippen molar-refractivity contribution in [3.05, 3.63) is 33.6 Å². The molecule has 21 heavy (non-hydrogen) atoms. The number of nitrogens with zero attached hydrogens (tertiary/aromatic N) is 1. The molecular weight excluding hydrogens is 279 g/mol. The first-order valence-corrected chi connectivity index (χ1v) is 6.76. The van der Waals surface area contributed by atoms with Crippen molar-refractivity contribution in [1.29, 1.82) is 0 Å². The highest BCUT2D eigenvalue weighted by molar-refractivity contribution is 5.92. The molecule has 114 valence electrons. The van der Waals surface area contributed by atoms with Crippen molar-refractivity contribution < 1.29 is 18.8 Å². The van der Waals surface area contributed by atoms with Gasteiger partial charge >= 0.3 is 5.97 Å². The van der Waals surface area contributed by atoms with Crippen LogP contribution in [-0.2, 0) is 4.74 Å². The summed E-state index contributed by atoms with van der Waals surface area (Å²) < 4.78 is 18.3. The normalized spacial score (nSPS) is 21.1. The van der Waals surface area contributed by atoms with E-state index in [1.54, 1.807) is 0 Å². The quantitative estimate of drug-likeness (QED) is 0.524. The number of esters is 1. The number of nitro benzene ring substituents is 1. The Bertz CT molecular complexity index is 576. The predicted octanol–water partition coefficient (Wildman–Crippen LogP) is 3.12. The average molecular weight is 296 g/mol. The number of nitrogens with one attached hydrogen (secondary N) is 1. The minimum atomic E-state index is -0.960. The van der Waals surface area contributed by atoms with Crippen molar-refractivity contribution in [2.45, 2.75) is 32.2 Å². The Balaban J connectivity index is 2.40. The number of carbonyl (C=O) groups excluding carboxylic acids is 1. The number of anilines is 1. The van der Waals surface area contributed by atoms with E-state index in [1.165, 1.54) is 0 Å². The molecule has 1 aliphatic rings. The van der Waals surface area contributed by atoms with Crippen molar-refractivity contribution in [2.75, 3.05) is 12.4 Å². The summed E-state index contributed by atoms with van der Waals surface area (Å²) in [6.07, 6.45) is 2.97. The Labute approximate surface area is 121 Å². The fraction of sp³-hybridized carbons (Fsp3) is 0.500. The Morgan fingerprint density at radius 3 is 2.71 bits per heavy atom. The van der Waals surface area contributed by atoms with Crippen LogP contribution in [0, 0.1) is 21.8 Å².